The molecule has 0 unspecified atom stereocenters. The zero-order chi connectivity index (χ0) is 23.7. The van der Waals surface area contributed by atoms with E-state index in [2.05, 4.69) is 32.2 Å². The van der Waals surface area contributed by atoms with Gasteiger partial charge >= 0.3 is 5.69 Å². The molecule has 0 bridgehead atoms. The van der Waals surface area contributed by atoms with E-state index in [4.69, 9.17) is 0 Å². The fourth-order valence-corrected chi connectivity index (χ4v) is 6.04. The Kier molecular flexibility index (Phi) is 8.62. The van der Waals surface area contributed by atoms with Gasteiger partial charge in [-0.2, -0.15) is 4.39 Å². The number of rotatable bonds is 6. The molecule has 3 rings (SSSR count). The lowest BCUT2D eigenvalue weighted by Crippen LogP contribution is -2.54. The summed E-state index contributed by atoms with van der Waals surface area (Å²) in [4.78, 5) is 9.99. The van der Waals surface area contributed by atoms with Gasteiger partial charge in [0.15, 0.2) is 9.84 Å². The van der Waals surface area contributed by atoms with Crippen LogP contribution in [0.5, 0.6) is 0 Å². The quantitative estimate of drug-likeness (QED) is 0.463. The molecule has 1 aliphatic heterocycles. The topological polar surface area (TPSA) is 110 Å². The van der Waals surface area contributed by atoms with Crippen LogP contribution in [0.4, 0.5) is 10.1 Å². The molecule has 0 aliphatic carbocycles. The van der Waals surface area contributed by atoms with Gasteiger partial charge in [0.2, 0.25) is 5.82 Å². The van der Waals surface area contributed by atoms with E-state index in [-0.39, 0.29) is 35.7 Å². The van der Waals surface area contributed by atoms with Gasteiger partial charge in [-0.15, -0.1) is 12.4 Å². The predicted octanol–water partition coefficient (Wildman–Crippen LogP) is 3.56. The lowest BCUT2D eigenvalue weighted by molar-refractivity contribution is -0.387. The van der Waals surface area contributed by atoms with Crippen molar-refractivity contribution >= 4 is 27.9 Å². The lowest BCUT2D eigenvalue weighted by Gasteiger charge is -2.35. The molecule has 0 aromatic heterocycles. The van der Waals surface area contributed by atoms with E-state index >= 15 is 0 Å². The van der Waals surface area contributed by atoms with Gasteiger partial charge in [-0.3, -0.25) is 10.1 Å². The molecule has 33 heavy (non-hydrogen) atoms. The lowest BCUT2D eigenvalue weighted by atomic mass is 9.86. The summed E-state index contributed by atoms with van der Waals surface area (Å²) in [6.07, 6.45) is -0.852. The number of nitro groups is 1. The second-order valence-electron chi connectivity index (χ2n) is 9.51. The van der Waals surface area contributed by atoms with Crippen LogP contribution in [0.2, 0.25) is 0 Å². The first-order valence-electron chi connectivity index (χ1n) is 10.5. The van der Waals surface area contributed by atoms with E-state index in [1.807, 2.05) is 18.2 Å². The number of nitrogens with one attached hydrogen (secondary N) is 1. The first-order chi connectivity index (χ1) is 14.9. The fourth-order valence-electron chi connectivity index (χ4n) is 4.08. The largest absolute Gasteiger partial charge is 0.391 e. The van der Waals surface area contributed by atoms with Crippen LogP contribution in [0.3, 0.4) is 0 Å². The van der Waals surface area contributed by atoms with E-state index < -0.39 is 44.3 Å². The Morgan fingerprint density at radius 2 is 1.85 bits per heavy atom. The van der Waals surface area contributed by atoms with Crippen molar-refractivity contribution in [2.24, 2.45) is 5.92 Å². The van der Waals surface area contributed by atoms with Crippen molar-refractivity contribution in [3.63, 3.8) is 0 Å². The van der Waals surface area contributed by atoms with Gasteiger partial charge in [0, 0.05) is 24.6 Å². The molecule has 1 heterocycles. The van der Waals surface area contributed by atoms with Crippen molar-refractivity contribution in [2.75, 3.05) is 11.5 Å². The summed E-state index contributed by atoms with van der Waals surface area (Å²) in [5.41, 5.74) is 1.90. The van der Waals surface area contributed by atoms with Crippen LogP contribution in [0.25, 0.3) is 0 Å². The highest BCUT2D eigenvalue weighted by molar-refractivity contribution is 7.91. The van der Waals surface area contributed by atoms with Crippen molar-refractivity contribution in [3.05, 3.63) is 75.1 Å². The molecule has 0 spiro atoms. The second-order valence-corrected chi connectivity index (χ2v) is 11.7. The average molecular weight is 501 g/mol. The zero-order valence-corrected chi connectivity index (χ0v) is 20.5. The number of sulfone groups is 1. The van der Waals surface area contributed by atoms with Crippen LogP contribution < -0.4 is 5.32 Å². The van der Waals surface area contributed by atoms with E-state index in [1.54, 1.807) is 0 Å². The molecule has 10 heteroatoms. The molecule has 2 aromatic rings. The Labute approximate surface area is 199 Å². The molecule has 3 atom stereocenters. The normalized spacial score (nSPS) is 22.4. The number of aliphatic hydroxyl groups is 1. The number of hydrogen-bond donors (Lipinski definition) is 2. The Hall–Kier alpha value is -2.07. The Bertz CT molecular complexity index is 1100. The Balaban J connectivity index is 0.00000385. The molecule has 1 aliphatic rings. The van der Waals surface area contributed by atoms with Crippen molar-refractivity contribution in [3.8, 4) is 0 Å². The summed E-state index contributed by atoms with van der Waals surface area (Å²) in [5, 5.41) is 24.9. The first-order valence-corrected chi connectivity index (χ1v) is 12.3. The van der Waals surface area contributed by atoms with Crippen molar-refractivity contribution in [1.29, 1.82) is 0 Å². The van der Waals surface area contributed by atoms with E-state index in [1.165, 1.54) is 6.07 Å². The minimum Gasteiger partial charge on any atom is -0.391 e. The Morgan fingerprint density at radius 3 is 2.45 bits per heavy atom. The van der Waals surface area contributed by atoms with Crippen molar-refractivity contribution < 1.29 is 22.8 Å². The van der Waals surface area contributed by atoms with Crippen LogP contribution in [0.1, 0.15) is 37.5 Å². The van der Waals surface area contributed by atoms with Gasteiger partial charge in [-0.1, -0.05) is 51.1 Å². The summed E-state index contributed by atoms with van der Waals surface area (Å²) in [7, 11) is -3.43. The number of benzene rings is 2. The SMILES string of the molecule is CC(C)(C)c1cccc(CN[C@H]2CS(=O)(=O)C[C@@H](Cc3ccc([N+](=O)[O-])c(F)c3)[C@@H]2O)c1.Cl. The number of nitrogens with zero attached hydrogens (tertiary/aromatic N) is 1. The van der Waals surface area contributed by atoms with E-state index in [9.17, 15) is 28.0 Å². The smallest absolute Gasteiger partial charge is 0.304 e. The van der Waals surface area contributed by atoms with Crippen LogP contribution >= 0.6 is 12.4 Å². The monoisotopic (exact) mass is 500 g/mol. The van der Waals surface area contributed by atoms with Crippen LogP contribution in [-0.4, -0.2) is 42.1 Å². The molecule has 2 aromatic carbocycles. The predicted molar refractivity (Wildman–Crippen MR) is 128 cm³/mol. The summed E-state index contributed by atoms with van der Waals surface area (Å²) in [5.74, 6) is -2.02. The Morgan fingerprint density at radius 1 is 1.15 bits per heavy atom. The highest BCUT2D eigenvalue weighted by atomic mass is 35.5. The van der Waals surface area contributed by atoms with Crippen LogP contribution in [0.15, 0.2) is 42.5 Å². The molecule has 2 N–H and O–H groups in total. The van der Waals surface area contributed by atoms with Crippen molar-refractivity contribution in [1.82, 2.24) is 5.32 Å². The van der Waals surface area contributed by atoms with E-state index in [0.717, 1.165) is 23.3 Å². The number of aliphatic hydroxyl groups excluding tert-OH is 1. The third-order valence-corrected chi connectivity index (χ3v) is 7.67. The van der Waals surface area contributed by atoms with Crippen LogP contribution in [-0.2, 0) is 28.2 Å². The van der Waals surface area contributed by atoms with Crippen LogP contribution in [0, 0.1) is 21.8 Å². The molecule has 0 saturated carbocycles. The molecule has 7 nitrogen and oxygen atoms in total. The number of hydrogen-bond acceptors (Lipinski definition) is 6. The van der Waals surface area contributed by atoms with E-state index in [0.29, 0.717) is 12.1 Å². The average Bonchev–Trinajstić information content (AvgIpc) is 2.68. The standard InChI is InChI=1S/C23H29FN2O5S.ClH/c1-23(2,3)18-6-4-5-16(10-18)12-25-20-14-32(30,31)13-17(22(20)27)9-15-7-8-21(26(28)29)19(24)11-15;/h4-8,10-11,17,20,22,25,27H,9,12-14H2,1-3H3;1H/t17-,20+,22+;/m1./s1. The second kappa shape index (κ2) is 10.5. The third-order valence-electron chi connectivity index (χ3n) is 5.86. The maximum Gasteiger partial charge on any atom is 0.304 e. The summed E-state index contributed by atoms with van der Waals surface area (Å²) >= 11 is 0. The molecule has 182 valence electrons. The molecular formula is C23H30ClFN2O5S. The van der Waals surface area contributed by atoms with Gasteiger partial charge in [0.25, 0.3) is 0 Å². The van der Waals surface area contributed by atoms with Gasteiger partial charge in [0.05, 0.1) is 22.5 Å². The molecule has 0 amide bonds. The maximum atomic E-state index is 14.0. The fraction of sp³-hybridized carbons (Fsp3) is 0.478. The molecule has 1 saturated heterocycles. The highest BCUT2D eigenvalue weighted by Gasteiger charge is 2.39. The minimum atomic E-state index is -3.43. The summed E-state index contributed by atoms with van der Waals surface area (Å²) in [6.45, 7) is 6.74. The van der Waals surface area contributed by atoms with Gasteiger partial charge in [-0.25, -0.2) is 8.42 Å². The first kappa shape index (κ1) is 27.2. The maximum absolute atomic E-state index is 14.0. The number of nitro benzene ring substituents is 1. The minimum absolute atomic E-state index is 0. The van der Waals surface area contributed by atoms with Crippen molar-refractivity contribution in [2.45, 2.75) is 51.3 Å². The zero-order valence-electron chi connectivity index (χ0n) is 18.8. The summed E-state index contributed by atoms with van der Waals surface area (Å²) in [6, 6.07) is 10.8. The third kappa shape index (κ3) is 6.96. The molecular weight excluding hydrogens is 471 g/mol. The summed E-state index contributed by atoms with van der Waals surface area (Å²) < 4.78 is 39.0. The van der Waals surface area contributed by atoms with Gasteiger partial charge < -0.3 is 10.4 Å². The number of halogens is 2. The highest BCUT2D eigenvalue weighted by Crippen LogP contribution is 2.27. The molecule has 0 radical (unpaired) electrons. The molecule has 1 fully saturated rings. The van der Waals surface area contributed by atoms with Gasteiger partial charge in [-0.05, 0) is 34.6 Å². The van der Waals surface area contributed by atoms with Gasteiger partial charge in [0.1, 0.15) is 0 Å².